The Morgan fingerprint density at radius 1 is 0.950 bits per heavy atom. The Morgan fingerprint density at radius 3 is 2.55 bits per heavy atom. The summed E-state index contributed by atoms with van der Waals surface area (Å²) in [4.78, 5) is 4.43. The highest BCUT2D eigenvalue weighted by molar-refractivity contribution is 5.78. The molecule has 1 aromatic heterocycles. The number of benzene rings is 2. The van der Waals surface area contributed by atoms with E-state index in [0.717, 1.165) is 10.9 Å². The van der Waals surface area contributed by atoms with E-state index in [1.807, 2.05) is 30.3 Å². The Kier molecular flexibility index (Phi) is 3.44. The van der Waals surface area contributed by atoms with Gasteiger partial charge in [0.25, 0.3) is 0 Å². The second-order valence-electron chi connectivity index (χ2n) is 4.74. The van der Waals surface area contributed by atoms with Crippen LogP contribution in [0.1, 0.15) is 17.4 Å². The zero-order valence-electron chi connectivity index (χ0n) is 10.8. The third kappa shape index (κ3) is 2.53. The van der Waals surface area contributed by atoms with Gasteiger partial charge in [0.2, 0.25) is 0 Å². The number of pyridine rings is 1. The quantitative estimate of drug-likeness (QED) is 0.785. The zero-order chi connectivity index (χ0) is 13.9. The van der Waals surface area contributed by atoms with Gasteiger partial charge in [-0.05, 0) is 23.8 Å². The number of nitrogens with zero attached hydrogens (tertiary/aromatic N) is 1. The van der Waals surface area contributed by atoms with Gasteiger partial charge in [-0.15, -0.1) is 0 Å². The smallest absolute Gasteiger partial charge is 0.126 e. The fraction of sp³-hybridized carbons (Fsp3) is 0.118. The maximum atomic E-state index is 13.6. The van der Waals surface area contributed by atoms with Crippen molar-refractivity contribution in [3.8, 4) is 0 Å². The standard InChI is InChI=1S/C17H14FNO/c18-14-7-3-1-6-13(14)11-17(20)16-10-9-12-5-2-4-8-15(12)19-16/h1-10,17,20H,11H2. The van der Waals surface area contributed by atoms with Crippen LogP contribution in [0.15, 0.2) is 60.7 Å². The van der Waals surface area contributed by atoms with Crippen molar-refractivity contribution in [3.05, 3.63) is 77.7 Å². The van der Waals surface area contributed by atoms with Crippen LogP contribution >= 0.6 is 0 Å². The first-order valence-electron chi connectivity index (χ1n) is 6.51. The van der Waals surface area contributed by atoms with Gasteiger partial charge >= 0.3 is 0 Å². The van der Waals surface area contributed by atoms with Gasteiger partial charge in [-0.2, -0.15) is 0 Å². The molecular formula is C17H14FNO. The van der Waals surface area contributed by atoms with Crippen molar-refractivity contribution in [3.63, 3.8) is 0 Å². The predicted molar refractivity (Wildman–Crippen MR) is 76.8 cm³/mol. The van der Waals surface area contributed by atoms with Gasteiger partial charge in [0.15, 0.2) is 0 Å². The number of fused-ring (bicyclic) bond motifs is 1. The van der Waals surface area contributed by atoms with Gasteiger partial charge in [0.05, 0.1) is 11.2 Å². The van der Waals surface area contributed by atoms with Crippen LogP contribution in [-0.2, 0) is 6.42 Å². The van der Waals surface area contributed by atoms with Crippen LogP contribution in [0.4, 0.5) is 4.39 Å². The Balaban J connectivity index is 1.89. The highest BCUT2D eigenvalue weighted by atomic mass is 19.1. The van der Waals surface area contributed by atoms with Gasteiger partial charge < -0.3 is 5.11 Å². The van der Waals surface area contributed by atoms with Crippen molar-refractivity contribution in [2.75, 3.05) is 0 Å². The van der Waals surface area contributed by atoms with Gasteiger partial charge in [-0.1, -0.05) is 42.5 Å². The molecule has 1 N–H and O–H groups in total. The molecule has 0 aliphatic heterocycles. The summed E-state index contributed by atoms with van der Waals surface area (Å²) >= 11 is 0. The maximum Gasteiger partial charge on any atom is 0.126 e. The number of halogens is 1. The second kappa shape index (κ2) is 5.39. The SMILES string of the molecule is OC(Cc1ccccc1F)c1ccc2ccccc2n1. The number of hydrogen-bond donors (Lipinski definition) is 1. The summed E-state index contributed by atoms with van der Waals surface area (Å²) in [5.41, 5.74) is 1.89. The molecule has 1 heterocycles. The largest absolute Gasteiger partial charge is 0.386 e. The summed E-state index contributed by atoms with van der Waals surface area (Å²) < 4.78 is 13.6. The van der Waals surface area contributed by atoms with E-state index in [0.29, 0.717) is 11.3 Å². The fourth-order valence-electron chi connectivity index (χ4n) is 2.24. The van der Waals surface area contributed by atoms with E-state index in [2.05, 4.69) is 4.98 Å². The molecule has 0 bridgehead atoms. The Hall–Kier alpha value is -2.26. The predicted octanol–water partition coefficient (Wildman–Crippen LogP) is 3.65. The summed E-state index contributed by atoms with van der Waals surface area (Å²) in [6.07, 6.45) is -0.589. The molecule has 0 spiro atoms. The molecule has 3 aromatic rings. The molecule has 3 heteroatoms. The van der Waals surface area contributed by atoms with Crippen molar-refractivity contribution in [1.82, 2.24) is 4.98 Å². The summed E-state index contributed by atoms with van der Waals surface area (Å²) in [5, 5.41) is 11.3. The summed E-state index contributed by atoms with van der Waals surface area (Å²) in [5.74, 6) is -0.299. The van der Waals surface area contributed by atoms with Crippen molar-refractivity contribution >= 4 is 10.9 Å². The number of rotatable bonds is 3. The molecule has 0 amide bonds. The molecule has 0 saturated heterocycles. The number of para-hydroxylation sites is 1. The van der Waals surface area contributed by atoms with E-state index in [4.69, 9.17) is 0 Å². The van der Waals surface area contributed by atoms with Gasteiger partial charge in [0.1, 0.15) is 11.9 Å². The van der Waals surface area contributed by atoms with Crippen LogP contribution in [0, 0.1) is 5.82 Å². The molecule has 0 aliphatic rings. The molecule has 1 atom stereocenters. The van der Waals surface area contributed by atoms with Crippen LogP contribution in [0.3, 0.4) is 0 Å². The normalized spacial score (nSPS) is 12.5. The van der Waals surface area contributed by atoms with E-state index in [-0.39, 0.29) is 12.2 Å². The highest BCUT2D eigenvalue weighted by Crippen LogP contribution is 2.21. The van der Waals surface area contributed by atoms with Crippen molar-refractivity contribution < 1.29 is 9.50 Å². The van der Waals surface area contributed by atoms with Crippen molar-refractivity contribution in [2.24, 2.45) is 0 Å². The Bertz CT molecular complexity index is 742. The summed E-state index contributed by atoms with van der Waals surface area (Å²) in [7, 11) is 0. The van der Waals surface area contributed by atoms with Crippen molar-refractivity contribution in [1.29, 1.82) is 0 Å². The van der Waals surface area contributed by atoms with Gasteiger partial charge in [-0.25, -0.2) is 4.39 Å². The molecule has 2 aromatic carbocycles. The third-order valence-corrected chi connectivity index (χ3v) is 3.33. The number of aliphatic hydroxyl groups excluding tert-OH is 1. The molecule has 2 nitrogen and oxygen atoms in total. The molecular weight excluding hydrogens is 253 g/mol. The van der Waals surface area contributed by atoms with Crippen LogP contribution in [0.25, 0.3) is 10.9 Å². The average molecular weight is 267 g/mol. The molecule has 3 rings (SSSR count). The third-order valence-electron chi connectivity index (χ3n) is 3.33. The number of aliphatic hydroxyl groups is 1. The molecule has 0 aliphatic carbocycles. The summed E-state index contributed by atoms with van der Waals surface area (Å²) in [6.45, 7) is 0. The lowest BCUT2D eigenvalue weighted by atomic mass is 10.0. The molecule has 100 valence electrons. The van der Waals surface area contributed by atoms with E-state index in [1.54, 1.807) is 24.3 Å². The second-order valence-corrected chi connectivity index (χ2v) is 4.74. The first-order valence-corrected chi connectivity index (χ1v) is 6.51. The molecule has 0 fully saturated rings. The molecule has 0 radical (unpaired) electrons. The van der Waals surface area contributed by atoms with E-state index < -0.39 is 6.10 Å². The van der Waals surface area contributed by atoms with Crippen LogP contribution < -0.4 is 0 Å². The van der Waals surface area contributed by atoms with Crippen LogP contribution in [0.5, 0.6) is 0 Å². The van der Waals surface area contributed by atoms with E-state index in [9.17, 15) is 9.50 Å². The van der Waals surface area contributed by atoms with Gasteiger partial charge in [-0.3, -0.25) is 4.98 Å². The van der Waals surface area contributed by atoms with Crippen molar-refractivity contribution in [2.45, 2.75) is 12.5 Å². The lowest BCUT2D eigenvalue weighted by Gasteiger charge is -2.11. The minimum Gasteiger partial charge on any atom is -0.386 e. The minimum absolute atomic E-state index is 0.220. The lowest BCUT2D eigenvalue weighted by Crippen LogP contribution is -2.05. The van der Waals surface area contributed by atoms with E-state index >= 15 is 0 Å². The number of aromatic nitrogens is 1. The van der Waals surface area contributed by atoms with Gasteiger partial charge in [0, 0.05) is 11.8 Å². The topological polar surface area (TPSA) is 33.1 Å². The molecule has 1 unspecified atom stereocenters. The number of hydrogen-bond acceptors (Lipinski definition) is 2. The average Bonchev–Trinajstić information content (AvgIpc) is 2.49. The first kappa shape index (κ1) is 12.8. The summed E-state index contributed by atoms with van der Waals surface area (Å²) in [6, 6.07) is 17.9. The molecule has 20 heavy (non-hydrogen) atoms. The zero-order valence-corrected chi connectivity index (χ0v) is 10.8. The first-order chi connectivity index (χ1) is 9.74. The molecule has 0 saturated carbocycles. The Morgan fingerprint density at radius 2 is 1.70 bits per heavy atom. The minimum atomic E-state index is -0.809. The highest BCUT2D eigenvalue weighted by Gasteiger charge is 2.13. The maximum absolute atomic E-state index is 13.6. The Labute approximate surface area is 116 Å². The fourth-order valence-corrected chi connectivity index (χ4v) is 2.24. The van der Waals surface area contributed by atoms with Crippen LogP contribution in [-0.4, -0.2) is 10.1 Å². The lowest BCUT2D eigenvalue weighted by molar-refractivity contribution is 0.172. The van der Waals surface area contributed by atoms with E-state index in [1.165, 1.54) is 6.07 Å². The monoisotopic (exact) mass is 267 g/mol. The van der Waals surface area contributed by atoms with Crippen LogP contribution in [0.2, 0.25) is 0 Å².